The molecule has 0 N–H and O–H groups in total. The highest BCUT2D eigenvalue weighted by atomic mass is 127. The Balaban J connectivity index is 1.13. The van der Waals surface area contributed by atoms with Gasteiger partial charge >= 0.3 is 11.9 Å². The Morgan fingerprint density at radius 3 is 2.24 bits per heavy atom. The molecule has 0 spiro atoms. The van der Waals surface area contributed by atoms with Crippen LogP contribution in [-0.2, 0) is 33.5 Å². The van der Waals surface area contributed by atoms with Gasteiger partial charge in [-0.2, -0.15) is 0 Å². The molecule has 63 heavy (non-hydrogen) atoms. The molecule has 6 rings (SSSR count). The van der Waals surface area contributed by atoms with E-state index in [-0.39, 0.29) is 53.9 Å². The fourth-order valence-electron chi connectivity index (χ4n) is 9.50. The number of ether oxygens (including phenoxy) is 6. The van der Waals surface area contributed by atoms with Gasteiger partial charge in [0.05, 0.1) is 66.0 Å². The lowest BCUT2D eigenvalue weighted by Crippen LogP contribution is -2.50. The second-order valence-electron chi connectivity index (χ2n) is 18.3. The Bertz CT molecular complexity index is 2080. The molecular formula is C51H67IO10S. The van der Waals surface area contributed by atoms with E-state index in [4.69, 9.17) is 28.4 Å². The molecule has 12 heteroatoms. The summed E-state index contributed by atoms with van der Waals surface area (Å²) in [4.78, 5) is 26.7. The van der Waals surface area contributed by atoms with E-state index in [1.165, 1.54) is 0 Å². The van der Waals surface area contributed by atoms with Crippen molar-refractivity contribution in [2.45, 2.75) is 140 Å². The summed E-state index contributed by atoms with van der Waals surface area (Å²) >= 11 is 2.42. The van der Waals surface area contributed by atoms with Crippen LogP contribution >= 0.6 is 22.6 Å². The standard InChI is InChI=1S/C51H67IO10S/c1-8-33(2)27-45-37(6)44(31-63(55,56)43-14-10-9-11-15-43)47(60-45)29-46(61-50(54)39-18-16-34(3)17-19-39)36(5)35(4)28-41-24-25-48-51(32-52,62-41)30-42(59-48)13-12-26-58-49(53)38-20-22-40(57-7)23-21-38/h9-11,14-23,33,35,37,41-42,44-48H,5,8,12-13,24-32H2,1-4,6-7H3/t33-,35-,37-,41-,42+,44-,45-,46-,47?,48+,51-/m1/s1. The second kappa shape index (κ2) is 22.3. The number of methoxy groups -OCH3 is 1. The molecule has 10 nitrogen and oxygen atoms in total. The monoisotopic (exact) mass is 998 g/mol. The number of sulfone groups is 1. The third-order valence-electron chi connectivity index (χ3n) is 13.7. The molecule has 1 unspecified atom stereocenters. The third-order valence-corrected chi connectivity index (χ3v) is 16.8. The topological polar surface area (TPSA) is 124 Å². The fourth-order valence-corrected chi connectivity index (χ4v) is 12.3. The minimum atomic E-state index is -3.63. The molecule has 344 valence electrons. The molecule has 3 aliphatic rings. The average molecular weight is 999 g/mol. The van der Waals surface area contributed by atoms with E-state index in [9.17, 15) is 18.0 Å². The van der Waals surface area contributed by atoms with E-state index in [1.54, 1.807) is 67.8 Å². The fraction of sp³-hybridized carbons (Fsp3) is 0.569. The molecule has 0 aliphatic carbocycles. The van der Waals surface area contributed by atoms with Gasteiger partial charge in [-0.3, -0.25) is 0 Å². The van der Waals surface area contributed by atoms with Crippen LogP contribution in [-0.4, -0.2) is 86.5 Å². The van der Waals surface area contributed by atoms with E-state index >= 15 is 0 Å². The normalized spacial score (nSPS) is 27.2. The number of hydrogen-bond donors (Lipinski definition) is 0. The van der Waals surface area contributed by atoms with Crippen LogP contribution in [0.3, 0.4) is 0 Å². The van der Waals surface area contributed by atoms with E-state index in [1.807, 2.05) is 25.1 Å². The SMILES string of the molecule is C=C([C@H](C)C[C@H]1CC[C@@H]2O[C@@H](CCCOC(=O)c3ccc(OC)cc3)C[C@]2(CI)O1)[C@@H](CC1O[C@H](C[C@H](C)CC)[C@H](C)[C@H]1CS(=O)(=O)c1ccccc1)OC(=O)c1ccc(C)cc1. The highest BCUT2D eigenvalue weighted by Gasteiger charge is 2.52. The largest absolute Gasteiger partial charge is 0.497 e. The summed E-state index contributed by atoms with van der Waals surface area (Å²) in [5, 5.41) is 0. The van der Waals surface area contributed by atoms with E-state index < -0.39 is 33.6 Å². The summed E-state index contributed by atoms with van der Waals surface area (Å²) in [6.07, 6.45) is 5.28. The molecule has 0 saturated carbocycles. The van der Waals surface area contributed by atoms with Crippen LogP contribution in [0, 0.1) is 30.6 Å². The number of benzene rings is 3. The van der Waals surface area contributed by atoms with E-state index in [0.29, 0.717) is 53.6 Å². The number of alkyl halides is 1. The number of aryl methyl sites for hydroxylation is 1. The molecule has 3 aromatic carbocycles. The number of hydrogen-bond acceptors (Lipinski definition) is 10. The molecule has 0 aromatic heterocycles. The van der Waals surface area contributed by atoms with Gasteiger partial charge in [-0.25, -0.2) is 18.0 Å². The van der Waals surface area contributed by atoms with Gasteiger partial charge in [0.2, 0.25) is 0 Å². The number of rotatable bonds is 21. The zero-order valence-corrected chi connectivity index (χ0v) is 40.8. The number of fused-ring (bicyclic) bond motifs is 1. The van der Waals surface area contributed by atoms with Crippen LogP contribution in [0.15, 0.2) is 95.9 Å². The van der Waals surface area contributed by atoms with E-state index in [2.05, 4.69) is 56.9 Å². The Labute approximate surface area is 389 Å². The summed E-state index contributed by atoms with van der Waals surface area (Å²) in [5.74, 6) is -0.209. The van der Waals surface area contributed by atoms with Gasteiger partial charge in [0.15, 0.2) is 9.84 Å². The van der Waals surface area contributed by atoms with Gasteiger partial charge in [0, 0.05) is 23.2 Å². The van der Waals surface area contributed by atoms with Gasteiger partial charge in [0.25, 0.3) is 0 Å². The summed E-state index contributed by atoms with van der Waals surface area (Å²) in [6.45, 7) is 15.5. The van der Waals surface area contributed by atoms with Crippen LogP contribution in [0.1, 0.15) is 112 Å². The van der Waals surface area contributed by atoms with Gasteiger partial charge in [-0.05, 0) is 117 Å². The quantitative estimate of drug-likeness (QED) is 0.0335. The molecule has 3 heterocycles. The molecule has 3 aliphatic heterocycles. The first-order valence-electron chi connectivity index (χ1n) is 22.7. The summed E-state index contributed by atoms with van der Waals surface area (Å²) in [5.41, 5.74) is 2.30. The molecule has 0 radical (unpaired) electrons. The zero-order chi connectivity index (χ0) is 45.3. The molecule has 3 aromatic rings. The van der Waals surface area contributed by atoms with Crippen molar-refractivity contribution in [2.24, 2.45) is 23.7 Å². The maximum absolute atomic E-state index is 13.9. The van der Waals surface area contributed by atoms with Crippen LogP contribution in [0.4, 0.5) is 0 Å². The number of carbonyl (C=O) groups excluding carboxylic acids is 2. The van der Waals surface area contributed by atoms with Crippen LogP contribution in [0.25, 0.3) is 0 Å². The lowest BCUT2D eigenvalue weighted by molar-refractivity contribution is -0.155. The van der Waals surface area contributed by atoms with Crippen molar-refractivity contribution in [3.63, 3.8) is 0 Å². The molecule has 3 saturated heterocycles. The minimum absolute atomic E-state index is 0.00208. The van der Waals surface area contributed by atoms with Gasteiger partial charge in [-0.15, -0.1) is 0 Å². The lowest BCUT2D eigenvalue weighted by Gasteiger charge is -2.42. The minimum Gasteiger partial charge on any atom is -0.497 e. The van der Waals surface area contributed by atoms with Crippen molar-refractivity contribution in [2.75, 3.05) is 23.9 Å². The molecule has 3 fully saturated rings. The molecule has 0 amide bonds. The average Bonchev–Trinajstić information content (AvgIpc) is 3.79. The third kappa shape index (κ3) is 12.5. The first-order chi connectivity index (χ1) is 30.1. The first kappa shape index (κ1) is 49.1. The maximum atomic E-state index is 13.9. The molecule has 11 atom stereocenters. The Morgan fingerprint density at radius 2 is 1.57 bits per heavy atom. The maximum Gasteiger partial charge on any atom is 0.338 e. The molecule has 0 bridgehead atoms. The van der Waals surface area contributed by atoms with Crippen molar-refractivity contribution >= 4 is 44.4 Å². The summed E-state index contributed by atoms with van der Waals surface area (Å²) in [6, 6.07) is 22.8. The van der Waals surface area contributed by atoms with Crippen LogP contribution in [0.5, 0.6) is 5.75 Å². The zero-order valence-electron chi connectivity index (χ0n) is 37.8. The summed E-state index contributed by atoms with van der Waals surface area (Å²) in [7, 11) is -2.05. The number of esters is 2. The highest BCUT2D eigenvalue weighted by molar-refractivity contribution is 14.1. The second-order valence-corrected chi connectivity index (χ2v) is 21.1. The lowest BCUT2D eigenvalue weighted by atomic mass is 9.82. The van der Waals surface area contributed by atoms with Crippen molar-refractivity contribution in [1.29, 1.82) is 0 Å². The first-order valence-corrected chi connectivity index (χ1v) is 25.9. The van der Waals surface area contributed by atoms with Crippen molar-refractivity contribution in [1.82, 2.24) is 0 Å². The highest BCUT2D eigenvalue weighted by Crippen LogP contribution is 2.46. The Kier molecular flexibility index (Phi) is 17.4. The van der Waals surface area contributed by atoms with Gasteiger partial charge in [-0.1, -0.05) is 99.2 Å². The van der Waals surface area contributed by atoms with E-state index in [0.717, 1.165) is 54.1 Å². The smallest absolute Gasteiger partial charge is 0.338 e. The number of carbonyl (C=O) groups is 2. The Hall–Kier alpha value is -3.30. The predicted molar refractivity (Wildman–Crippen MR) is 253 cm³/mol. The predicted octanol–water partition coefficient (Wildman–Crippen LogP) is 10.6. The van der Waals surface area contributed by atoms with Crippen molar-refractivity contribution in [3.05, 3.63) is 108 Å². The van der Waals surface area contributed by atoms with Crippen molar-refractivity contribution < 1.29 is 46.4 Å². The van der Waals surface area contributed by atoms with Gasteiger partial charge in [0.1, 0.15) is 17.5 Å². The molecular weight excluding hydrogens is 932 g/mol. The van der Waals surface area contributed by atoms with Gasteiger partial charge < -0.3 is 28.4 Å². The number of halogens is 1. The van der Waals surface area contributed by atoms with Crippen molar-refractivity contribution in [3.8, 4) is 5.75 Å². The van der Waals surface area contributed by atoms with Crippen LogP contribution < -0.4 is 4.74 Å². The Morgan fingerprint density at radius 1 is 0.889 bits per heavy atom. The van der Waals surface area contributed by atoms with Crippen LogP contribution in [0.2, 0.25) is 0 Å². The summed E-state index contributed by atoms with van der Waals surface area (Å²) < 4.78 is 66.2.